The third kappa shape index (κ3) is 2.50. The molecule has 2 aromatic rings. The Hall–Kier alpha value is -2.71. The molecule has 0 radical (unpaired) electrons. The van der Waals surface area contributed by atoms with E-state index in [4.69, 9.17) is 14.2 Å². The van der Waals surface area contributed by atoms with E-state index >= 15 is 0 Å². The normalized spacial score (nSPS) is 22.0. The van der Waals surface area contributed by atoms with Crippen LogP contribution in [0.5, 0.6) is 17.2 Å². The number of hydrogen-bond donors (Lipinski definition) is 1. The maximum Gasteiger partial charge on any atom is 0.231 e. The van der Waals surface area contributed by atoms with Gasteiger partial charge in [-0.25, -0.2) is 0 Å². The predicted octanol–water partition coefficient (Wildman–Crippen LogP) is 1.84. The van der Waals surface area contributed by atoms with E-state index in [1.165, 1.54) is 10.5 Å². The van der Waals surface area contributed by atoms with Gasteiger partial charge in [0.25, 0.3) is 0 Å². The van der Waals surface area contributed by atoms with Crippen molar-refractivity contribution in [1.29, 1.82) is 5.26 Å². The number of quaternary nitrogens is 1. The second-order valence-electron chi connectivity index (χ2n) is 6.56. The van der Waals surface area contributed by atoms with E-state index in [0.717, 1.165) is 29.8 Å². The summed E-state index contributed by atoms with van der Waals surface area (Å²) in [4.78, 5) is 1.31. The quantitative estimate of drug-likeness (QED) is 0.929. The Kier molecular flexibility index (Phi) is 3.98. The van der Waals surface area contributed by atoms with E-state index in [1.807, 2.05) is 30.3 Å². The van der Waals surface area contributed by atoms with Gasteiger partial charge in [-0.2, -0.15) is 5.26 Å². The van der Waals surface area contributed by atoms with Crippen molar-refractivity contribution in [1.82, 2.24) is 0 Å². The molecule has 2 aromatic carbocycles. The standard InChI is InChI=1S/C20H20N2O3/c1-22-9-8-14-10-16-19(25-12-24-16)20(23-2)17(14)18(22)15(11-21)13-6-4-3-5-7-13/h3-7,10,15,18H,8-9,12H2,1-2H3/p+1/t15-,18-/m0/s1. The smallest absolute Gasteiger partial charge is 0.231 e. The lowest BCUT2D eigenvalue weighted by atomic mass is 9.81. The van der Waals surface area contributed by atoms with Crippen molar-refractivity contribution in [3.63, 3.8) is 0 Å². The lowest BCUT2D eigenvalue weighted by Crippen LogP contribution is -3.11. The van der Waals surface area contributed by atoms with Gasteiger partial charge in [-0.15, -0.1) is 0 Å². The first kappa shape index (κ1) is 15.8. The van der Waals surface area contributed by atoms with Gasteiger partial charge >= 0.3 is 0 Å². The van der Waals surface area contributed by atoms with E-state index in [1.54, 1.807) is 7.11 Å². The average Bonchev–Trinajstić information content (AvgIpc) is 3.11. The molecule has 5 heteroatoms. The number of likely N-dealkylation sites (N-methyl/N-ethyl adjacent to an activating group) is 1. The van der Waals surface area contributed by atoms with Gasteiger partial charge in [0.15, 0.2) is 11.5 Å². The monoisotopic (exact) mass is 337 g/mol. The summed E-state index contributed by atoms with van der Waals surface area (Å²) in [5, 5.41) is 9.97. The Bertz CT molecular complexity index is 829. The van der Waals surface area contributed by atoms with Crippen LogP contribution in [0.4, 0.5) is 0 Å². The molecule has 0 fully saturated rings. The highest BCUT2D eigenvalue weighted by atomic mass is 16.7. The van der Waals surface area contributed by atoms with Crippen molar-refractivity contribution in [2.45, 2.75) is 18.4 Å². The fraction of sp³-hybridized carbons (Fsp3) is 0.350. The molecule has 128 valence electrons. The maximum absolute atomic E-state index is 9.97. The molecule has 2 aliphatic heterocycles. The van der Waals surface area contributed by atoms with Crippen LogP contribution in [0, 0.1) is 11.3 Å². The van der Waals surface area contributed by atoms with Gasteiger partial charge in [0.2, 0.25) is 12.5 Å². The molecule has 0 bridgehead atoms. The predicted molar refractivity (Wildman–Crippen MR) is 92.1 cm³/mol. The number of hydrogen-bond acceptors (Lipinski definition) is 4. The molecule has 4 rings (SSSR count). The molecule has 0 saturated heterocycles. The van der Waals surface area contributed by atoms with Crippen molar-refractivity contribution in [3.8, 4) is 23.3 Å². The number of methoxy groups -OCH3 is 1. The molecule has 0 saturated carbocycles. The Morgan fingerprint density at radius 3 is 2.80 bits per heavy atom. The summed E-state index contributed by atoms with van der Waals surface area (Å²) >= 11 is 0. The van der Waals surface area contributed by atoms with Crippen molar-refractivity contribution in [3.05, 3.63) is 53.1 Å². The SMILES string of the molecule is COc1c2c(cc3c1[C@H]([C@@H](C#N)c1ccccc1)[NH+](C)CC3)OCO2. The minimum absolute atomic E-state index is 0.0133. The van der Waals surface area contributed by atoms with Gasteiger partial charge in [0, 0.05) is 6.42 Å². The van der Waals surface area contributed by atoms with E-state index in [-0.39, 0.29) is 18.8 Å². The van der Waals surface area contributed by atoms with Crippen molar-refractivity contribution < 1.29 is 19.1 Å². The Labute approximate surface area is 147 Å². The largest absolute Gasteiger partial charge is 0.492 e. The molecular weight excluding hydrogens is 316 g/mol. The fourth-order valence-electron chi connectivity index (χ4n) is 4.01. The number of fused-ring (bicyclic) bond motifs is 2. The molecule has 3 atom stereocenters. The summed E-state index contributed by atoms with van der Waals surface area (Å²) in [6, 6.07) is 14.6. The maximum atomic E-state index is 9.97. The van der Waals surface area contributed by atoms with Crippen LogP contribution in [0.1, 0.15) is 28.7 Å². The van der Waals surface area contributed by atoms with Crippen LogP contribution in [-0.2, 0) is 6.42 Å². The third-order valence-corrected chi connectivity index (χ3v) is 5.21. The second kappa shape index (κ2) is 6.30. The average molecular weight is 337 g/mol. The second-order valence-corrected chi connectivity index (χ2v) is 6.56. The highest BCUT2D eigenvalue weighted by Crippen LogP contribution is 2.49. The van der Waals surface area contributed by atoms with Crippen LogP contribution in [-0.4, -0.2) is 27.5 Å². The number of rotatable bonds is 3. The number of nitrogens with one attached hydrogen (secondary N) is 1. The zero-order valence-corrected chi connectivity index (χ0v) is 14.4. The summed E-state index contributed by atoms with van der Waals surface area (Å²) in [5.74, 6) is 1.85. The number of nitriles is 1. The molecule has 0 aromatic heterocycles. The zero-order valence-electron chi connectivity index (χ0n) is 14.4. The molecule has 0 amide bonds. The van der Waals surface area contributed by atoms with E-state index in [2.05, 4.69) is 19.2 Å². The van der Waals surface area contributed by atoms with Crippen molar-refractivity contribution in [2.75, 3.05) is 27.5 Å². The van der Waals surface area contributed by atoms with Crippen LogP contribution >= 0.6 is 0 Å². The van der Waals surface area contributed by atoms with Crippen molar-refractivity contribution in [2.24, 2.45) is 0 Å². The van der Waals surface area contributed by atoms with Gasteiger partial charge in [-0.1, -0.05) is 30.3 Å². The van der Waals surface area contributed by atoms with Gasteiger partial charge in [-0.05, 0) is 17.2 Å². The molecule has 0 spiro atoms. The van der Waals surface area contributed by atoms with Gasteiger partial charge in [0.1, 0.15) is 12.0 Å². The third-order valence-electron chi connectivity index (χ3n) is 5.21. The van der Waals surface area contributed by atoms with E-state index < -0.39 is 0 Å². The molecule has 0 aliphatic carbocycles. The first-order valence-electron chi connectivity index (χ1n) is 8.50. The summed E-state index contributed by atoms with van der Waals surface area (Å²) in [6.45, 7) is 1.17. The van der Waals surface area contributed by atoms with Crippen LogP contribution < -0.4 is 19.1 Å². The van der Waals surface area contributed by atoms with E-state index in [0.29, 0.717) is 11.5 Å². The lowest BCUT2D eigenvalue weighted by molar-refractivity contribution is -0.915. The van der Waals surface area contributed by atoms with Crippen LogP contribution in [0.15, 0.2) is 36.4 Å². The molecule has 5 nitrogen and oxygen atoms in total. The highest BCUT2D eigenvalue weighted by Gasteiger charge is 2.41. The molecule has 1 N–H and O–H groups in total. The molecule has 2 heterocycles. The topological polar surface area (TPSA) is 55.9 Å². The minimum Gasteiger partial charge on any atom is -0.492 e. The minimum atomic E-state index is -0.255. The molecule has 25 heavy (non-hydrogen) atoms. The van der Waals surface area contributed by atoms with Gasteiger partial charge in [0.05, 0.1) is 32.3 Å². The van der Waals surface area contributed by atoms with Crippen LogP contribution in [0.2, 0.25) is 0 Å². The van der Waals surface area contributed by atoms with E-state index in [9.17, 15) is 5.26 Å². The number of ether oxygens (including phenoxy) is 3. The molecular formula is C20H21N2O3+. The number of benzene rings is 2. The van der Waals surface area contributed by atoms with Gasteiger partial charge < -0.3 is 19.1 Å². The van der Waals surface area contributed by atoms with Crippen LogP contribution in [0.3, 0.4) is 0 Å². The summed E-state index contributed by atoms with van der Waals surface area (Å²) < 4.78 is 17.0. The van der Waals surface area contributed by atoms with Crippen molar-refractivity contribution >= 4 is 0 Å². The Balaban J connectivity index is 1.89. The van der Waals surface area contributed by atoms with Crippen LogP contribution in [0.25, 0.3) is 0 Å². The summed E-state index contributed by atoms with van der Waals surface area (Å²) in [6.07, 6.45) is 0.928. The molecule has 1 unspecified atom stereocenters. The summed E-state index contributed by atoms with van der Waals surface area (Å²) in [7, 11) is 3.80. The Morgan fingerprint density at radius 2 is 2.08 bits per heavy atom. The first-order chi connectivity index (χ1) is 12.2. The number of nitrogens with zero attached hydrogens (tertiary/aromatic N) is 1. The zero-order chi connectivity index (χ0) is 17.4. The highest BCUT2D eigenvalue weighted by molar-refractivity contribution is 5.62. The fourth-order valence-corrected chi connectivity index (χ4v) is 4.01. The Morgan fingerprint density at radius 1 is 1.28 bits per heavy atom. The summed E-state index contributed by atoms with van der Waals surface area (Å²) in [5.41, 5.74) is 3.29. The molecule has 2 aliphatic rings. The van der Waals surface area contributed by atoms with Gasteiger partial charge in [-0.3, -0.25) is 0 Å². The lowest BCUT2D eigenvalue weighted by Gasteiger charge is -2.35. The first-order valence-corrected chi connectivity index (χ1v) is 8.50.